The summed E-state index contributed by atoms with van der Waals surface area (Å²) in [5, 5.41) is 16.2. The number of amides is 2. The highest BCUT2D eigenvalue weighted by molar-refractivity contribution is 7.99. The van der Waals surface area contributed by atoms with Crippen LogP contribution in [0.3, 0.4) is 0 Å². The van der Waals surface area contributed by atoms with Crippen LogP contribution in [0, 0.1) is 0 Å². The standard InChI is InChI=1S/C17H20Cl2N4O3S/c1-2-5-20-15(25)8-23-12(9-24)7-21-17(23)27-10-16(26)22-11-3-4-13(18)14(19)6-11/h3-4,6-7,24H,2,5,8-10H2,1H3,(H,20,25)(H,22,26). The van der Waals surface area contributed by atoms with Gasteiger partial charge in [-0.25, -0.2) is 4.98 Å². The second-order valence-electron chi connectivity index (χ2n) is 5.59. The minimum absolute atomic E-state index is 0.0344. The summed E-state index contributed by atoms with van der Waals surface area (Å²) in [5.41, 5.74) is 1.04. The van der Waals surface area contributed by atoms with Crippen LogP contribution in [-0.4, -0.2) is 38.8 Å². The molecule has 0 aliphatic carbocycles. The number of aliphatic hydroxyl groups is 1. The molecule has 2 aromatic rings. The summed E-state index contributed by atoms with van der Waals surface area (Å²) in [6.45, 7) is 2.33. The molecule has 0 bridgehead atoms. The summed E-state index contributed by atoms with van der Waals surface area (Å²) in [7, 11) is 0. The zero-order valence-corrected chi connectivity index (χ0v) is 17.0. The van der Waals surface area contributed by atoms with Crippen molar-refractivity contribution >= 4 is 52.5 Å². The van der Waals surface area contributed by atoms with Gasteiger partial charge in [0.1, 0.15) is 6.54 Å². The number of thioether (sulfide) groups is 1. The van der Waals surface area contributed by atoms with Gasteiger partial charge in [0.2, 0.25) is 11.8 Å². The zero-order valence-electron chi connectivity index (χ0n) is 14.7. The van der Waals surface area contributed by atoms with Crippen molar-refractivity contribution in [3.63, 3.8) is 0 Å². The van der Waals surface area contributed by atoms with Crippen LogP contribution in [0.4, 0.5) is 5.69 Å². The third kappa shape index (κ3) is 6.42. The van der Waals surface area contributed by atoms with Crippen LogP contribution in [0.2, 0.25) is 10.0 Å². The first-order chi connectivity index (χ1) is 12.9. The molecule has 1 aromatic carbocycles. The van der Waals surface area contributed by atoms with Gasteiger partial charge in [0.15, 0.2) is 5.16 Å². The average molecular weight is 431 g/mol. The van der Waals surface area contributed by atoms with Crippen molar-refractivity contribution in [1.29, 1.82) is 0 Å². The summed E-state index contributed by atoms with van der Waals surface area (Å²) in [6.07, 6.45) is 2.32. The second kappa shape index (κ2) is 10.6. The molecule has 1 aromatic heterocycles. The van der Waals surface area contributed by atoms with E-state index in [1.807, 2.05) is 6.92 Å². The van der Waals surface area contributed by atoms with Crippen LogP contribution in [0.1, 0.15) is 19.0 Å². The molecule has 0 unspecified atom stereocenters. The fourth-order valence-electron chi connectivity index (χ4n) is 2.17. The third-order valence-electron chi connectivity index (χ3n) is 3.47. The second-order valence-corrected chi connectivity index (χ2v) is 7.35. The lowest BCUT2D eigenvalue weighted by molar-refractivity contribution is -0.121. The number of halogens is 2. The van der Waals surface area contributed by atoms with Crippen LogP contribution in [0.5, 0.6) is 0 Å². The number of imidazole rings is 1. The van der Waals surface area contributed by atoms with Gasteiger partial charge >= 0.3 is 0 Å². The molecule has 0 saturated heterocycles. The maximum Gasteiger partial charge on any atom is 0.240 e. The van der Waals surface area contributed by atoms with Gasteiger partial charge in [-0.3, -0.25) is 9.59 Å². The van der Waals surface area contributed by atoms with Crippen molar-refractivity contribution in [2.75, 3.05) is 17.6 Å². The van der Waals surface area contributed by atoms with Crippen LogP contribution >= 0.6 is 35.0 Å². The smallest absolute Gasteiger partial charge is 0.240 e. The van der Waals surface area contributed by atoms with E-state index in [4.69, 9.17) is 23.2 Å². The maximum atomic E-state index is 12.2. The van der Waals surface area contributed by atoms with Crippen LogP contribution in [0.25, 0.3) is 0 Å². The first kappa shape index (κ1) is 21.6. The SMILES string of the molecule is CCCNC(=O)Cn1c(CO)cnc1SCC(=O)Nc1ccc(Cl)c(Cl)c1. The highest BCUT2D eigenvalue weighted by atomic mass is 35.5. The van der Waals surface area contributed by atoms with Gasteiger partial charge in [-0.1, -0.05) is 41.9 Å². The summed E-state index contributed by atoms with van der Waals surface area (Å²) < 4.78 is 1.60. The van der Waals surface area contributed by atoms with Gasteiger partial charge in [0, 0.05) is 12.2 Å². The molecule has 3 N–H and O–H groups in total. The molecule has 27 heavy (non-hydrogen) atoms. The number of aromatic nitrogens is 2. The molecule has 2 amide bonds. The first-order valence-electron chi connectivity index (χ1n) is 8.24. The van der Waals surface area contributed by atoms with E-state index in [1.165, 1.54) is 18.0 Å². The number of aliphatic hydroxyl groups excluding tert-OH is 1. The Morgan fingerprint density at radius 1 is 1.26 bits per heavy atom. The van der Waals surface area contributed by atoms with Crippen LogP contribution in [-0.2, 0) is 22.7 Å². The highest BCUT2D eigenvalue weighted by Crippen LogP contribution is 2.25. The quantitative estimate of drug-likeness (QED) is 0.531. The molecule has 0 spiro atoms. The molecule has 7 nitrogen and oxygen atoms in total. The van der Waals surface area contributed by atoms with E-state index in [2.05, 4.69) is 15.6 Å². The molecular weight excluding hydrogens is 411 g/mol. The van der Waals surface area contributed by atoms with E-state index >= 15 is 0 Å². The number of hydrogen-bond acceptors (Lipinski definition) is 5. The minimum atomic E-state index is -0.256. The monoisotopic (exact) mass is 430 g/mol. The van der Waals surface area contributed by atoms with E-state index in [-0.39, 0.29) is 30.7 Å². The Balaban J connectivity index is 1.98. The largest absolute Gasteiger partial charge is 0.390 e. The van der Waals surface area contributed by atoms with Gasteiger partial charge in [0.05, 0.1) is 34.3 Å². The van der Waals surface area contributed by atoms with Crippen molar-refractivity contribution < 1.29 is 14.7 Å². The lowest BCUT2D eigenvalue weighted by Crippen LogP contribution is -2.29. The number of benzene rings is 1. The van der Waals surface area contributed by atoms with Gasteiger partial charge in [-0.15, -0.1) is 0 Å². The lowest BCUT2D eigenvalue weighted by Gasteiger charge is -2.11. The molecule has 2 rings (SSSR count). The third-order valence-corrected chi connectivity index (χ3v) is 5.20. The number of hydrogen-bond donors (Lipinski definition) is 3. The predicted molar refractivity (Wildman–Crippen MR) is 107 cm³/mol. The van der Waals surface area contributed by atoms with Crippen molar-refractivity contribution in [1.82, 2.24) is 14.9 Å². The minimum Gasteiger partial charge on any atom is -0.390 e. The Bertz CT molecular complexity index is 813. The molecular formula is C17H20Cl2N4O3S. The number of nitrogens with one attached hydrogen (secondary N) is 2. The average Bonchev–Trinajstić information content (AvgIpc) is 3.03. The fourth-order valence-corrected chi connectivity index (χ4v) is 3.26. The summed E-state index contributed by atoms with van der Waals surface area (Å²) in [5.74, 6) is -0.348. The molecule has 0 aliphatic heterocycles. The van der Waals surface area contributed by atoms with Gasteiger partial charge in [0.25, 0.3) is 0 Å². The Labute approximate surface area is 171 Å². The summed E-state index contributed by atoms with van der Waals surface area (Å²) in [4.78, 5) is 28.3. The van der Waals surface area contributed by atoms with E-state index < -0.39 is 0 Å². The number of carbonyl (C=O) groups is 2. The number of anilines is 1. The van der Waals surface area contributed by atoms with Gasteiger partial charge in [-0.05, 0) is 24.6 Å². The lowest BCUT2D eigenvalue weighted by atomic mass is 10.3. The Morgan fingerprint density at radius 2 is 2.04 bits per heavy atom. The van der Waals surface area contributed by atoms with Crippen molar-refractivity contribution in [2.45, 2.75) is 31.7 Å². The van der Waals surface area contributed by atoms with Gasteiger partial charge in [-0.2, -0.15) is 0 Å². The number of rotatable bonds is 9. The molecule has 0 aliphatic rings. The van der Waals surface area contributed by atoms with Crippen LogP contribution in [0.15, 0.2) is 29.6 Å². The molecule has 0 radical (unpaired) electrons. The van der Waals surface area contributed by atoms with Crippen LogP contribution < -0.4 is 10.6 Å². The topological polar surface area (TPSA) is 96.2 Å². The number of nitrogens with zero attached hydrogens (tertiary/aromatic N) is 2. The predicted octanol–water partition coefficient (Wildman–Crippen LogP) is 2.94. The normalized spacial score (nSPS) is 10.7. The van der Waals surface area contributed by atoms with Crippen molar-refractivity contribution in [3.8, 4) is 0 Å². The van der Waals surface area contributed by atoms with E-state index in [0.29, 0.717) is 33.1 Å². The molecule has 146 valence electrons. The maximum absolute atomic E-state index is 12.2. The van der Waals surface area contributed by atoms with Gasteiger partial charge < -0.3 is 20.3 Å². The molecule has 1 heterocycles. The Kier molecular flexibility index (Phi) is 8.43. The van der Waals surface area contributed by atoms with E-state index in [1.54, 1.807) is 22.8 Å². The van der Waals surface area contributed by atoms with Crippen molar-refractivity contribution in [2.24, 2.45) is 0 Å². The Hall–Kier alpha value is -1.74. The summed E-state index contributed by atoms with van der Waals surface area (Å²) >= 11 is 13.0. The molecule has 0 saturated carbocycles. The zero-order chi connectivity index (χ0) is 19.8. The molecule has 0 fully saturated rings. The summed E-state index contributed by atoms with van der Waals surface area (Å²) in [6, 6.07) is 4.82. The highest BCUT2D eigenvalue weighted by Gasteiger charge is 2.15. The Morgan fingerprint density at radius 3 is 2.70 bits per heavy atom. The fraction of sp³-hybridized carbons (Fsp3) is 0.353. The molecule has 0 atom stereocenters. The van der Waals surface area contributed by atoms with E-state index in [0.717, 1.165) is 6.42 Å². The van der Waals surface area contributed by atoms with E-state index in [9.17, 15) is 14.7 Å². The first-order valence-corrected chi connectivity index (χ1v) is 9.98. The number of carbonyl (C=O) groups excluding carboxylic acids is 2. The molecule has 10 heteroatoms. The van der Waals surface area contributed by atoms with Crippen molar-refractivity contribution in [3.05, 3.63) is 40.1 Å².